The van der Waals surface area contributed by atoms with Crippen LogP contribution in [0.1, 0.15) is 15.9 Å². The number of rotatable bonds is 4. The van der Waals surface area contributed by atoms with Crippen molar-refractivity contribution in [2.45, 2.75) is 6.18 Å². The highest BCUT2D eigenvalue weighted by molar-refractivity contribution is 7.14. The van der Waals surface area contributed by atoms with Crippen LogP contribution in [0.3, 0.4) is 0 Å². The predicted molar refractivity (Wildman–Crippen MR) is 98.6 cm³/mol. The van der Waals surface area contributed by atoms with Gasteiger partial charge >= 0.3 is 6.18 Å². The number of alkyl halides is 3. The van der Waals surface area contributed by atoms with E-state index < -0.39 is 22.6 Å². The maximum atomic E-state index is 12.8. The van der Waals surface area contributed by atoms with Crippen molar-refractivity contribution in [2.24, 2.45) is 0 Å². The van der Waals surface area contributed by atoms with E-state index in [4.69, 9.17) is 11.6 Å². The molecule has 0 saturated heterocycles. The Kier molecular flexibility index (Phi) is 5.34. The van der Waals surface area contributed by atoms with Gasteiger partial charge in [0.25, 0.3) is 11.6 Å². The van der Waals surface area contributed by atoms with Crippen molar-refractivity contribution in [3.05, 3.63) is 74.1 Å². The second kappa shape index (κ2) is 7.56. The Labute approximate surface area is 164 Å². The molecule has 0 aliphatic rings. The number of nitrogens with zero attached hydrogens (tertiary/aromatic N) is 2. The highest BCUT2D eigenvalue weighted by atomic mass is 35.5. The fraction of sp³-hybridized carbons (Fsp3) is 0.0588. The van der Waals surface area contributed by atoms with Gasteiger partial charge in [-0.3, -0.25) is 20.2 Å². The molecule has 0 unspecified atom stereocenters. The van der Waals surface area contributed by atoms with Crippen LogP contribution in [0, 0.1) is 10.1 Å². The summed E-state index contributed by atoms with van der Waals surface area (Å²) in [6.07, 6.45) is -4.48. The first-order valence-electron chi connectivity index (χ1n) is 7.53. The van der Waals surface area contributed by atoms with E-state index in [2.05, 4.69) is 10.3 Å². The lowest BCUT2D eigenvalue weighted by Crippen LogP contribution is -2.12. The molecule has 144 valence electrons. The van der Waals surface area contributed by atoms with Crippen LogP contribution in [0.25, 0.3) is 11.3 Å². The molecule has 1 heterocycles. The van der Waals surface area contributed by atoms with Crippen molar-refractivity contribution < 1.29 is 22.9 Å². The largest absolute Gasteiger partial charge is 0.416 e. The molecule has 0 saturated carbocycles. The summed E-state index contributed by atoms with van der Waals surface area (Å²) in [7, 11) is 0. The molecule has 6 nitrogen and oxygen atoms in total. The molecule has 0 aliphatic heterocycles. The monoisotopic (exact) mass is 427 g/mol. The first-order valence-corrected chi connectivity index (χ1v) is 8.79. The van der Waals surface area contributed by atoms with Gasteiger partial charge in [0.2, 0.25) is 0 Å². The van der Waals surface area contributed by atoms with Gasteiger partial charge in [-0.05, 0) is 18.2 Å². The van der Waals surface area contributed by atoms with Gasteiger partial charge in [-0.25, -0.2) is 4.98 Å². The third-order valence-corrected chi connectivity index (χ3v) is 4.69. The number of carbonyl (C=O) groups excluding carboxylic acids is 1. The lowest BCUT2D eigenvalue weighted by Gasteiger charge is -2.07. The molecule has 0 aliphatic carbocycles. The molecule has 0 radical (unpaired) electrons. The lowest BCUT2D eigenvalue weighted by molar-refractivity contribution is -0.384. The van der Waals surface area contributed by atoms with Crippen LogP contribution < -0.4 is 5.32 Å². The quantitative estimate of drug-likeness (QED) is 0.431. The molecule has 11 heteroatoms. The van der Waals surface area contributed by atoms with E-state index in [1.165, 1.54) is 23.6 Å². The molecule has 28 heavy (non-hydrogen) atoms. The normalized spacial score (nSPS) is 11.3. The summed E-state index contributed by atoms with van der Waals surface area (Å²) in [6, 6.07) is 8.05. The zero-order chi connectivity index (χ0) is 20.5. The molecule has 1 amide bonds. The Morgan fingerprint density at radius 2 is 1.96 bits per heavy atom. The van der Waals surface area contributed by atoms with Gasteiger partial charge in [-0.1, -0.05) is 23.7 Å². The second-order valence-corrected chi connectivity index (χ2v) is 6.76. The molecule has 1 aromatic heterocycles. The molecule has 0 fully saturated rings. The minimum atomic E-state index is -4.48. The van der Waals surface area contributed by atoms with E-state index in [0.29, 0.717) is 0 Å². The third kappa shape index (κ3) is 4.29. The number of carbonyl (C=O) groups is 1. The molecule has 3 rings (SSSR count). The standard InChI is InChI=1S/C17H9ClF3N3O3S/c18-13-7-11(24(26)27)4-5-12(13)15(25)23-16-22-14(8-28-16)9-2-1-3-10(6-9)17(19,20)21/h1-8H,(H,22,23,25). The lowest BCUT2D eigenvalue weighted by atomic mass is 10.1. The first kappa shape index (κ1) is 19.8. The van der Waals surface area contributed by atoms with Crippen molar-refractivity contribution >= 4 is 39.7 Å². The van der Waals surface area contributed by atoms with Gasteiger partial charge < -0.3 is 0 Å². The minimum Gasteiger partial charge on any atom is -0.298 e. The number of nitro groups is 1. The van der Waals surface area contributed by atoms with Crippen LogP contribution in [0.15, 0.2) is 47.8 Å². The molecule has 2 aromatic carbocycles. The summed E-state index contributed by atoms with van der Waals surface area (Å²) in [5, 5.41) is 14.7. The topological polar surface area (TPSA) is 85.1 Å². The Morgan fingerprint density at radius 3 is 2.61 bits per heavy atom. The Morgan fingerprint density at radius 1 is 1.21 bits per heavy atom. The van der Waals surface area contributed by atoms with E-state index in [-0.39, 0.29) is 32.7 Å². The van der Waals surface area contributed by atoms with E-state index >= 15 is 0 Å². The van der Waals surface area contributed by atoms with Crippen LogP contribution >= 0.6 is 22.9 Å². The van der Waals surface area contributed by atoms with Gasteiger partial charge in [-0.2, -0.15) is 13.2 Å². The van der Waals surface area contributed by atoms with E-state index in [9.17, 15) is 28.1 Å². The fourth-order valence-corrected chi connectivity index (χ4v) is 3.26. The highest BCUT2D eigenvalue weighted by Crippen LogP contribution is 2.33. The number of halogens is 4. The Hall–Kier alpha value is -2.98. The first-order chi connectivity index (χ1) is 13.1. The summed E-state index contributed by atoms with van der Waals surface area (Å²) in [4.78, 5) is 26.5. The zero-order valence-corrected chi connectivity index (χ0v) is 15.2. The van der Waals surface area contributed by atoms with Gasteiger partial charge in [0.15, 0.2) is 5.13 Å². The van der Waals surface area contributed by atoms with Crippen molar-refractivity contribution in [3.63, 3.8) is 0 Å². The van der Waals surface area contributed by atoms with Crippen LogP contribution in [0.5, 0.6) is 0 Å². The van der Waals surface area contributed by atoms with E-state index in [1.54, 1.807) is 0 Å². The number of nitrogens with one attached hydrogen (secondary N) is 1. The SMILES string of the molecule is O=C(Nc1nc(-c2cccc(C(F)(F)F)c2)cs1)c1ccc([N+](=O)[O-])cc1Cl. The third-order valence-electron chi connectivity index (χ3n) is 3.62. The molecule has 3 aromatic rings. The Bertz CT molecular complexity index is 1070. The summed E-state index contributed by atoms with van der Waals surface area (Å²) < 4.78 is 38.5. The second-order valence-electron chi connectivity index (χ2n) is 5.49. The van der Waals surface area contributed by atoms with Crippen molar-refractivity contribution in [2.75, 3.05) is 5.32 Å². The number of aromatic nitrogens is 1. The van der Waals surface area contributed by atoms with Gasteiger partial charge in [0.05, 0.1) is 26.8 Å². The number of hydrogen-bond donors (Lipinski definition) is 1. The zero-order valence-electron chi connectivity index (χ0n) is 13.7. The van der Waals surface area contributed by atoms with Crippen molar-refractivity contribution in [3.8, 4) is 11.3 Å². The number of benzene rings is 2. The van der Waals surface area contributed by atoms with Crippen LogP contribution in [-0.2, 0) is 6.18 Å². The average molecular weight is 428 g/mol. The summed E-state index contributed by atoms with van der Waals surface area (Å²) in [6.45, 7) is 0. The molecule has 0 bridgehead atoms. The van der Waals surface area contributed by atoms with Crippen LogP contribution in [0.4, 0.5) is 24.0 Å². The fourth-order valence-electron chi connectivity index (χ4n) is 2.28. The van der Waals surface area contributed by atoms with Crippen LogP contribution in [0.2, 0.25) is 5.02 Å². The number of non-ortho nitro benzene ring substituents is 1. The maximum absolute atomic E-state index is 12.8. The Balaban J connectivity index is 1.80. The summed E-state index contributed by atoms with van der Waals surface area (Å²) in [5.41, 5.74) is -0.548. The molecule has 0 atom stereocenters. The van der Waals surface area contributed by atoms with Gasteiger partial charge in [0, 0.05) is 23.1 Å². The number of nitro benzene ring substituents is 1. The number of anilines is 1. The number of hydrogen-bond acceptors (Lipinski definition) is 5. The van der Waals surface area contributed by atoms with Crippen molar-refractivity contribution in [1.29, 1.82) is 0 Å². The average Bonchev–Trinajstić information content (AvgIpc) is 3.09. The number of thiazole rings is 1. The molecule has 0 spiro atoms. The molecular formula is C17H9ClF3N3O3S. The number of amides is 1. The molecular weight excluding hydrogens is 419 g/mol. The minimum absolute atomic E-state index is 0.00286. The van der Waals surface area contributed by atoms with Crippen LogP contribution in [-0.4, -0.2) is 15.8 Å². The van der Waals surface area contributed by atoms with Gasteiger partial charge in [0.1, 0.15) is 0 Å². The van der Waals surface area contributed by atoms with Crippen molar-refractivity contribution in [1.82, 2.24) is 4.98 Å². The predicted octanol–water partition coefficient (Wildman–Crippen LogP) is 5.64. The van der Waals surface area contributed by atoms with E-state index in [1.807, 2.05) is 0 Å². The summed E-state index contributed by atoms with van der Waals surface area (Å²) in [5.74, 6) is -0.648. The van der Waals surface area contributed by atoms with E-state index in [0.717, 1.165) is 35.6 Å². The smallest absolute Gasteiger partial charge is 0.298 e. The van der Waals surface area contributed by atoms with Gasteiger partial charge in [-0.15, -0.1) is 11.3 Å². The molecule has 1 N–H and O–H groups in total. The highest BCUT2D eigenvalue weighted by Gasteiger charge is 2.30. The summed E-state index contributed by atoms with van der Waals surface area (Å²) >= 11 is 6.93. The maximum Gasteiger partial charge on any atom is 0.416 e.